The summed E-state index contributed by atoms with van der Waals surface area (Å²) in [6.45, 7) is 0.00206. The van der Waals surface area contributed by atoms with E-state index in [1.54, 1.807) is 12.1 Å². The van der Waals surface area contributed by atoms with E-state index in [0.717, 1.165) is 3.57 Å². The summed E-state index contributed by atoms with van der Waals surface area (Å²) >= 11 is 7.69. The highest BCUT2D eigenvalue weighted by Crippen LogP contribution is 2.24. The summed E-state index contributed by atoms with van der Waals surface area (Å²) < 4.78 is 19.8. The Morgan fingerprint density at radius 3 is 2.70 bits per heavy atom. The molecule has 20 heavy (non-hydrogen) atoms. The molecule has 1 N–H and O–H groups in total. The van der Waals surface area contributed by atoms with Crippen LogP contribution in [0.25, 0.3) is 0 Å². The molecule has 6 heteroatoms. The zero-order chi connectivity index (χ0) is 14.7. The third-order valence-electron chi connectivity index (χ3n) is 2.58. The summed E-state index contributed by atoms with van der Waals surface area (Å²) in [5, 5.41) is 9.24. The molecule has 0 saturated heterocycles. The lowest BCUT2D eigenvalue weighted by Gasteiger charge is -2.10. The molecule has 0 heterocycles. The van der Waals surface area contributed by atoms with Gasteiger partial charge in [-0.3, -0.25) is 0 Å². The molecule has 0 saturated carbocycles. The lowest BCUT2D eigenvalue weighted by Crippen LogP contribution is -2.02. The molecule has 0 aliphatic carbocycles. The molecule has 0 aromatic heterocycles. The standard InChI is InChI=1S/C14H9ClFIO3/c15-10-3-1-9(11(16)6-10)7-20-13-5-8(14(18)19)2-4-12(13)17/h1-6H,7H2,(H,18,19). The van der Waals surface area contributed by atoms with E-state index in [0.29, 0.717) is 16.3 Å². The van der Waals surface area contributed by atoms with E-state index in [1.165, 1.54) is 24.3 Å². The molecule has 0 bridgehead atoms. The minimum atomic E-state index is -1.04. The lowest BCUT2D eigenvalue weighted by atomic mass is 10.2. The van der Waals surface area contributed by atoms with Crippen molar-refractivity contribution in [1.82, 2.24) is 0 Å². The first-order valence-corrected chi connectivity index (χ1v) is 7.02. The topological polar surface area (TPSA) is 46.5 Å². The maximum Gasteiger partial charge on any atom is 0.335 e. The van der Waals surface area contributed by atoms with Crippen LogP contribution in [0.2, 0.25) is 5.02 Å². The van der Waals surface area contributed by atoms with Gasteiger partial charge in [-0.25, -0.2) is 9.18 Å². The molecule has 0 aliphatic rings. The van der Waals surface area contributed by atoms with E-state index in [9.17, 15) is 9.18 Å². The van der Waals surface area contributed by atoms with Crippen molar-refractivity contribution in [3.8, 4) is 5.75 Å². The Morgan fingerprint density at radius 1 is 1.30 bits per heavy atom. The van der Waals surface area contributed by atoms with Crippen LogP contribution in [0.3, 0.4) is 0 Å². The van der Waals surface area contributed by atoms with Gasteiger partial charge in [0.15, 0.2) is 0 Å². The van der Waals surface area contributed by atoms with Crippen LogP contribution in [0.15, 0.2) is 36.4 Å². The Hall–Kier alpha value is -1.34. The first kappa shape index (κ1) is 15.1. The van der Waals surface area contributed by atoms with Crippen molar-refractivity contribution in [2.24, 2.45) is 0 Å². The van der Waals surface area contributed by atoms with E-state index in [-0.39, 0.29) is 12.2 Å². The van der Waals surface area contributed by atoms with E-state index >= 15 is 0 Å². The molecule has 0 atom stereocenters. The number of carboxylic acid groups (broad SMARTS) is 1. The third-order valence-corrected chi connectivity index (χ3v) is 3.70. The molecule has 0 radical (unpaired) electrons. The average Bonchev–Trinajstić information content (AvgIpc) is 2.39. The van der Waals surface area contributed by atoms with Gasteiger partial charge in [0.2, 0.25) is 0 Å². The normalized spacial score (nSPS) is 10.3. The largest absolute Gasteiger partial charge is 0.488 e. The van der Waals surface area contributed by atoms with Gasteiger partial charge in [-0.05, 0) is 52.9 Å². The van der Waals surface area contributed by atoms with Gasteiger partial charge in [-0.15, -0.1) is 0 Å². The molecule has 0 amide bonds. The Labute approximate surface area is 133 Å². The second kappa shape index (κ2) is 6.41. The van der Waals surface area contributed by atoms with Crippen molar-refractivity contribution >= 4 is 40.2 Å². The number of carbonyl (C=O) groups is 1. The van der Waals surface area contributed by atoms with Gasteiger partial charge in [-0.1, -0.05) is 17.7 Å². The summed E-state index contributed by atoms with van der Waals surface area (Å²) in [5.41, 5.74) is 0.475. The van der Waals surface area contributed by atoms with Crippen LogP contribution >= 0.6 is 34.2 Å². The van der Waals surface area contributed by atoms with E-state index in [4.69, 9.17) is 21.4 Å². The molecule has 0 unspecified atom stereocenters. The Kier molecular flexibility index (Phi) is 4.82. The second-order valence-electron chi connectivity index (χ2n) is 3.97. The zero-order valence-electron chi connectivity index (χ0n) is 10.1. The maximum atomic E-state index is 13.6. The maximum absolute atomic E-state index is 13.6. The number of aromatic carboxylic acids is 1. The summed E-state index contributed by atoms with van der Waals surface area (Å²) in [6, 6.07) is 8.85. The van der Waals surface area contributed by atoms with Gasteiger partial charge < -0.3 is 9.84 Å². The molecule has 2 rings (SSSR count). The Bertz CT molecular complexity index is 661. The highest BCUT2D eigenvalue weighted by Gasteiger charge is 2.09. The van der Waals surface area contributed by atoms with Gasteiger partial charge in [0.05, 0.1) is 9.13 Å². The molecule has 2 aromatic carbocycles. The van der Waals surface area contributed by atoms with Gasteiger partial charge in [-0.2, -0.15) is 0 Å². The smallest absolute Gasteiger partial charge is 0.335 e. The number of hydrogen-bond donors (Lipinski definition) is 1. The first-order chi connectivity index (χ1) is 9.47. The fourth-order valence-electron chi connectivity index (χ4n) is 1.54. The number of carboxylic acids is 1. The quantitative estimate of drug-likeness (QED) is 0.768. The zero-order valence-corrected chi connectivity index (χ0v) is 13.0. The van der Waals surface area contributed by atoms with Crippen molar-refractivity contribution in [3.05, 3.63) is 61.9 Å². The van der Waals surface area contributed by atoms with Gasteiger partial charge in [0.25, 0.3) is 0 Å². The van der Waals surface area contributed by atoms with E-state index in [1.807, 2.05) is 22.6 Å². The van der Waals surface area contributed by atoms with Crippen molar-refractivity contribution in [2.45, 2.75) is 6.61 Å². The van der Waals surface area contributed by atoms with Gasteiger partial charge in [0, 0.05) is 10.6 Å². The highest BCUT2D eigenvalue weighted by atomic mass is 127. The molecular formula is C14H9ClFIO3. The lowest BCUT2D eigenvalue weighted by molar-refractivity contribution is 0.0696. The van der Waals surface area contributed by atoms with Crippen LogP contribution in [0, 0.1) is 9.39 Å². The minimum absolute atomic E-state index is 0.00206. The Balaban J connectivity index is 2.18. The fraction of sp³-hybridized carbons (Fsp3) is 0.0714. The van der Waals surface area contributed by atoms with Crippen LogP contribution in [0.1, 0.15) is 15.9 Å². The molecule has 104 valence electrons. The van der Waals surface area contributed by atoms with E-state index < -0.39 is 11.8 Å². The second-order valence-corrected chi connectivity index (χ2v) is 5.57. The van der Waals surface area contributed by atoms with Crippen molar-refractivity contribution < 1.29 is 19.0 Å². The predicted molar refractivity (Wildman–Crippen MR) is 81.9 cm³/mol. The van der Waals surface area contributed by atoms with Crippen LogP contribution in [0.5, 0.6) is 5.75 Å². The average molecular weight is 407 g/mol. The van der Waals surface area contributed by atoms with Gasteiger partial charge in [0.1, 0.15) is 18.2 Å². The minimum Gasteiger partial charge on any atom is -0.488 e. The van der Waals surface area contributed by atoms with Crippen LogP contribution in [-0.2, 0) is 6.61 Å². The fourth-order valence-corrected chi connectivity index (χ4v) is 2.19. The summed E-state index contributed by atoms with van der Waals surface area (Å²) in [7, 11) is 0. The highest BCUT2D eigenvalue weighted by molar-refractivity contribution is 14.1. The number of benzene rings is 2. The van der Waals surface area contributed by atoms with Crippen LogP contribution in [0.4, 0.5) is 4.39 Å². The van der Waals surface area contributed by atoms with Crippen molar-refractivity contribution in [3.63, 3.8) is 0 Å². The number of hydrogen-bond acceptors (Lipinski definition) is 2. The third kappa shape index (κ3) is 3.61. The molecule has 2 aromatic rings. The van der Waals surface area contributed by atoms with Crippen molar-refractivity contribution in [2.75, 3.05) is 0 Å². The Morgan fingerprint density at radius 2 is 2.05 bits per heavy atom. The van der Waals surface area contributed by atoms with E-state index in [2.05, 4.69) is 0 Å². The molecule has 0 aliphatic heterocycles. The van der Waals surface area contributed by atoms with Crippen LogP contribution in [-0.4, -0.2) is 11.1 Å². The van der Waals surface area contributed by atoms with Gasteiger partial charge >= 0.3 is 5.97 Å². The molecular weight excluding hydrogens is 398 g/mol. The number of rotatable bonds is 4. The summed E-state index contributed by atoms with van der Waals surface area (Å²) in [6.07, 6.45) is 0. The monoisotopic (exact) mass is 406 g/mol. The first-order valence-electron chi connectivity index (χ1n) is 5.57. The molecule has 0 fully saturated rings. The number of halogens is 3. The summed E-state index contributed by atoms with van der Waals surface area (Å²) in [5.74, 6) is -1.09. The molecule has 3 nitrogen and oxygen atoms in total. The SMILES string of the molecule is O=C(O)c1ccc(I)c(OCc2ccc(Cl)cc2F)c1. The molecule has 0 spiro atoms. The summed E-state index contributed by atoms with van der Waals surface area (Å²) in [4.78, 5) is 10.9. The van der Waals surface area contributed by atoms with Crippen molar-refractivity contribution in [1.29, 1.82) is 0 Å². The predicted octanol–water partition coefficient (Wildman–Crippen LogP) is 4.36. The number of ether oxygens (including phenoxy) is 1. The van der Waals surface area contributed by atoms with Crippen LogP contribution < -0.4 is 4.74 Å².